The molecule has 2 saturated carbocycles. The number of benzene rings is 1. The number of nitrogens with one attached hydrogen (secondary N) is 2. The first-order valence-corrected chi connectivity index (χ1v) is 14.3. The van der Waals surface area contributed by atoms with Crippen LogP contribution in [0.15, 0.2) is 41.1 Å². The van der Waals surface area contributed by atoms with Gasteiger partial charge in [-0.3, -0.25) is 9.59 Å². The fraction of sp³-hybridized carbons (Fsp3) is 0.414. The molecule has 2 aromatic heterocycles. The molecule has 2 heterocycles. The number of amides is 3. The molecule has 0 radical (unpaired) electrons. The molecule has 2 aliphatic carbocycles. The summed E-state index contributed by atoms with van der Waals surface area (Å²) in [6.07, 6.45) is 3.80. The Balaban J connectivity index is 1.31. The third kappa shape index (κ3) is 5.99. The van der Waals surface area contributed by atoms with Crippen molar-refractivity contribution in [3.63, 3.8) is 0 Å². The molecule has 0 unspecified atom stereocenters. The van der Waals surface area contributed by atoms with Crippen molar-refractivity contribution < 1.29 is 23.9 Å². The summed E-state index contributed by atoms with van der Waals surface area (Å²) in [6.45, 7) is 1.57. The van der Waals surface area contributed by atoms with Gasteiger partial charge >= 0.3 is 6.09 Å². The fourth-order valence-electron chi connectivity index (χ4n) is 5.60. The first-order valence-electron chi connectivity index (χ1n) is 13.4. The number of carbonyl (C=O) groups is 3. The summed E-state index contributed by atoms with van der Waals surface area (Å²) in [6, 6.07) is 8.59. The largest absolute Gasteiger partial charge is 0.465 e. The number of thiophene rings is 1. The van der Waals surface area contributed by atoms with Crippen molar-refractivity contribution in [1.82, 2.24) is 20.4 Å². The summed E-state index contributed by atoms with van der Waals surface area (Å²) in [5.74, 6) is -0.0294. The molecule has 9 nitrogen and oxygen atoms in total. The van der Waals surface area contributed by atoms with Gasteiger partial charge in [0, 0.05) is 43.1 Å². The van der Waals surface area contributed by atoms with Gasteiger partial charge in [0.1, 0.15) is 11.5 Å². The minimum atomic E-state index is -1.18. The highest BCUT2D eigenvalue weighted by Gasteiger charge is 2.47. The van der Waals surface area contributed by atoms with E-state index in [1.54, 1.807) is 30.0 Å². The van der Waals surface area contributed by atoms with Crippen LogP contribution in [0, 0.1) is 11.7 Å². The number of rotatable bonds is 8. The van der Waals surface area contributed by atoms with Gasteiger partial charge in [-0.25, -0.2) is 9.18 Å². The fourth-order valence-corrected chi connectivity index (χ4v) is 6.25. The molecule has 3 N–H and O–H groups in total. The Morgan fingerprint density at radius 2 is 1.85 bits per heavy atom. The van der Waals surface area contributed by atoms with Crippen molar-refractivity contribution in [2.24, 2.45) is 5.92 Å². The maximum atomic E-state index is 15.2. The van der Waals surface area contributed by atoms with E-state index in [-0.39, 0.29) is 23.8 Å². The average Bonchev–Trinajstić information content (AvgIpc) is 3.46. The van der Waals surface area contributed by atoms with E-state index in [2.05, 4.69) is 20.8 Å². The second-order valence-corrected chi connectivity index (χ2v) is 11.5. The Labute approximate surface area is 235 Å². The molecule has 3 aromatic rings. The maximum absolute atomic E-state index is 15.2. The van der Waals surface area contributed by atoms with E-state index in [0.29, 0.717) is 47.5 Å². The van der Waals surface area contributed by atoms with Gasteiger partial charge in [-0.05, 0) is 79.0 Å². The van der Waals surface area contributed by atoms with E-state index in [4.69, 9.17) is 5.11 Å². The zero-order chi connectivity index (χ0) is 28.4. The molecular weight excluding hydrogens is 533 g/mol. The molecule has 0 atom stereocenters. The summed E-state index contributed by atoms with van der Waals surface area (Å²) in [5.41, 5.74) is 1.98. The Bertz CT molecular complexity index is 1420. The molecule has 11 heteroatoms. The van der Waals surface area contributed by atoms with Crippen LogP contribution < -0.4 is 10.6 Å². The van der Waals surface area contributed by atoms with Crippen molar-refractivity contribution in [2.75, 3.05) is 12.4 Å². The molecule has 0 bridgehead atoms. The molecular formula is C29H32FN5O4S. The van der Waals surface area contributed by atoms with E-state index < -0.39 is 17.4 Å². The zero-order valence-corrected chi connectivity index (χ0v) is 23.3. The number of nitrogens with zero attached hydrogens (tertiary/aromatic N) is 3. The molecule has 40 heavy (non-hydrogen) atoms. The summed E-state index contributed by atoms with van der Waals surface area (Å²) in [5, 5.41) is 26.9. The number of hydrogen-bond donors (Lipinski definition) is 3. The summed E-state index contributed by atoms with van der Waals surface area (Å²) >= 11 is 1.51. The van der Waals surface area contributed by atoms with Crippen molar-refractivity contribution in [3.05, 3.63) is 52.5 Å². The van der Waals surface area contributed by atoms with E-state index in [1.807, 2.05) is 23.9 Å². The lowest BCUT2D eigenvalue weighted by Crippen LogP contribution is -2.38. The predicted molar refractivity (Wildman–Crippen MR) is 150 cm³/mol. The van der Waals surface area contributed by atoms with Crippen LogP contribution in [0.4, 0.5) is 15.0 Å². The number of carbonyl (C=O) groups excluding carboxylic acids is 2. The van der Waals surface area contributed by atoms with Crippen LogP contribution in [-0.4, -0.2) is 51.2 Å². The van der Waals surface area contributed by atoms with Gasteiger partial charge in [0.25, 0.3) is 0 Å². The minimum absolute atomic E-state index is 0.0605. The predicted octanol–water partition coefficient (Wildman–Crippen LogP) is 5.63. The van der Waals surface area contributed by atoms with Crippen LogP contribution in [0.1, 0.15) is 57.4 Å². The van der Waals surface area contributed by atoms with Gasteiger partial charge in [-0.15, -0.1) is 10.2 Å². The number of aromatic nitrogens is 2. The van der Waals surface area contributed by atoms with E-state index >= 15 is 4.39 Å². The van der Waals surface area contributed by atoms with Crippen molar-refractivity contribution in [3.8, 4) is 22.4 Å². The van der Waals surface area contributed by atoms with Crippen molar-refractivity contribution in [1.29, 1.82) is 0 Å². The van der Waals surface area contributed by atoms with E-state index in [9.17, 15) is 14.4 Å². The number of carboxylic acid groups (broad SMARTS) is 1. The first kappa shape index (κ1) is 27.7. The Hall–Kier alpha value is -3.86. The highest BCUT2D eigenvalue weighted by atomic mass is 32.1. The average molecular weight is 566 g/mol. The Morgan fingerprint density at radius 3 is 2.45 bits per heavy atom. The second kappa shape index (κ2) is 11.3. The highest BCUT2D eigenvalue weighted by Crippen LogP contribution is 2.47. The monoisotopic (exact) mass is 565 g/mol. The summed E-state index contributed by atoms with van der Waals surface area (Å²) in [4.78, 5) is 37.5. The van der Waals surface area contributed by atoms with E-state index in [0.717, 1.165) is 31.2 Å². The summed E-state index contributed by atoms with van der Waals surface area (Å²) < 4.78 is 15.2. The smallest absolute Gasteiger partial charge is 0.405 e. The van der Waals surface area contributed by atoms with Gasteiger partial charge in [-0.1, -0.05) is 12.1 Å². The molecule has 210 valence electrons. The van der Waals surface area contributed by atoms with Crippen LogP contribution in [-0.2, 0) is 15.1 Å². The molecule has 2 aliphatic rings. The maximum Gasteiger partial charge on any atom is 0.405 e. The first-order chi connectivity index (χ1) is 19.1. The van der Waals surface area contributed by atoms with Gasteiger partial charge in [0.15, 0.2) is 5.82 Å². The number of halogens is 1. The van der Waals surface area contributed by atoms with Crippen LogP contribution in [0.25, 0.3) is 22.4 Å². The van der Waals surface area contributed by atoms with Crippen molar-refractivity contribution >= 4 is 35.1 Å². The SMILES string of the molecule is CC(=O)N(C)[C@H]1CC[C@H](CC(=O)Nc2cc(-c3ccsc3)c(-c3ccc(C4(NC(=O)O)CC4)c(F)c3)nn2)CC1. The molecule has 1 aromatic carbocycles. The molecule has 0 spiro atoms. The van der Waals surface area contributed by atoms with Crippen LogP contribution >= 0.6 is 11.3 Å². The zero-order valence-electron chi connectivity index (χ0n) is 22.4. The Kier molecular flexibility index (Phi) is 7.84. The third-order valence-electron chi connectivity index (χ3n) is 8.08. The number of hydrogen-bond acceptors (Lipinski definition) is 6. The minimum Gasteiger partial charge on any atom is -0.465 e. The van der Waals surface area contributed by atoms with Gasteiger partial charge in [-0.2, -0.15) is 11.3 Å². The van der Waals surface area contributed by atoms with Crippen LogP contribution in [0.5, 0.6) is 0 Å². The lowest BCUT2D eigenvalue weighted by molar-refractivity contribution is -0.130. The van der Waals surface area contributed by atoms with E-state index in [1.165, 1.54) is 17.4 Å². The highest BCUT2D eigenvalue weighted by molar-refractivity contribution is 7.08. The van der Waals surface area contributed by atoms with Gasteiger partial charge in [0.05, 0.1) is 5.54 Å². The van der Waals surface area contributed by atoms with Crippen molar-refractivity contribution in [2.45, 2.75) is 63.5 Å². The van der Waals surface area contributed by atoms with Crippen LogP contribution in [0.2, 0.25) is 0 Å². The standard InChI is InChI=1S/C29H32FN5O4S/c1-17(36)35(2)21-6-3-18(4-7-21)13-26(37)31-25-15-22(20-9-12-40-16-20)27(34-33-25)19-5-8-23(24(30)14-19)29(10-11-29)32-28(38)39/h5,8-9,12,14-16,18,21,32H,3-4,6-7,10-11,13H2,1-2H3,(H,38,39)(H,31,33,37)/t18-,21-. The normalized spacial score (nSPS) is 19.5. The second-order valence-electron chi connectivity index (χ2n) is 10.8. The molecule has 2 fully saturated rings. The lowest BCUT2D eigenvalue weighted by Gasteiger charge is -2.34. The Morgan fingerprint density at radius 1 is 1.10 bits per heavy atom. The molecule has 0 saturated heterocycles. The number of anilines is 1. The van der Waals surface area contributed by atoms with Gasteiger partial charge < -0.3 is 20.6 Å². The quantitative estimate of drug-likeness (QED) is 0.325. The topological polar surface area (TPSA) is 125 Å². The lowest BCUT2D eigenvalue weighted by atomic mass is 9.83. The van der Waals surface area contributed by atoms with Gasteiger partial charge in [0.2, 0.25) is 11.8 Å². The molecule has 3 amide bonds. The van der Waals surface area contributed by atoms with Crippen LogP contribution in [0.3, 0.4) is 0 Å². The third-order valence-corrected chi connectivity index (χ3v) is 8.77. The summed E-state index contributed by atoms with van der Waals surface area (Å²) in [7, 11) is 1.83. The molecule has 5 rings (SSSR count). The molecule has 0 aliphatic heterocycles.